The molecule has 3 N–H and O–H groups in total. The van der Waals surface area contributed by atoms with Gasteiger partial charge in [-0.2, -0.15) is 0 Å². The van der Waals surface area contributed by atoms with Gasteiger partial charge in [0.05, 0.1) is 11.6 Å². The van der Waals surface area contributed by atoms with Crippen molar-refractivity contribution in [2.45, 2.75) is 65.1 Å². The van der Waals surface area contributed by atoms with Gasteiger partial charge in [-0.05, 0) is 50.7 Å². The molecular weight excluding hydrogens is 312 g/mol. The number of ether oxygens (including phenoxy) is 1. The van der Waals surface area contributed by atoms with Gasteiger partial charge in [-0.25, -0.2) is 0 Å². The van der Waals surface area contributed by atoms with Gasteiger partial charge in [-0.1, -0.05) is 26.0 Å². The second-order valence-electron chi connectivity index (χ2n) is 7.01. The molecule has 4 nitrogen and oxygen atoms in total. The fourth-order valence-electron chi connectivity index (χ4n) is 2.56. The molecule has 1 aliphatic carbocycles. The number of benzene rings is 1. The molecule has 1 fully saturated rings. The third-order valence-corrected chi connectivity index (χ3v) is 4.03. The number of halogens is 1. The molecule has 1 unspecified atom stereocenters. The number of aryl methyl sites for hydroxylation is 1. The number of hydrogen-bond donors (Lipinski definition) is 2. The van der Waals surface area contributed by atoms with Gasteiger partial charge in [0.1, 0.15) is 5.75 Å². The summed E-state index contributed by atoms with van der Waals surface area (Å²) in [4.78, 5) is 12.0. The van der Waals surface area contributed by atoms with E-state index >= 15 is 0 Å². The van der Waals surface area contributed by atoms with Gasteiger partial charge in [0, 0.05) is 12.1 Å². The molecule has 1 saturated carbocycles. The third-order valence-electron chi connectivity index (χ3n) is 4.03. The van der Waals surface area contributed by atoms with Crippen LogP contribution in [0.1, 0.15) is 51.2 Å². The fourth-order valence-corrected chi connectivity index (χ4v) is 2.56. The molecule has 0 bridgehead atoms. The first-order valence-electron chi connectivity index (χ1n) is 8.13. The standard InChI is InChI=1S/C18H28N2O2.ClH/c1-12(2)9-14(4)22-16-10-13(3)5-6-15(16)11-20-17(21)18(19)7-8-18;/h5-6,10,12,14H,7-9,11,19H2,1-4H3,(H,20,21);1H. The number of amides is 1. The smallest absolute Gasteiger partial charge is 0.240 e. The Hall–Kier alpha value is -1.26. The van der Waals surface area contributed by atoms with Crippen LogP contribution in [0, 0.1) is 12.8 Å². The maximum absolute atomic E-state index is 12.0. The molecule has 1 aromatic rings. The number of nitrogens with one attached hydrogen (secondary N) is 1. The summed E-state index contributed by atoms with van der Waals surface area (Å²) in [5.74, 6) is 1.39. The molecule has 1 aliphatic rings. The lowest BCUT2D eigenvalue weighted by molar-refractivity contribution is -0.123. The summed E-state index contributed by atoms with van der Waals surface area (Å²) in [6.45, 7) is 8.97. The predicted molar refractivity (Wildman–Crippen MR) is 96.0 cm³/mol. The summed E-state index contributed by atoms with van der Waals surface area (Å²) in [7, 11) is 0. The van der Waals surface area contributed by atoms with Gasteiger partial charge in [0.2, 0.25) is 5.91 Å². The minimum absolute atomic E-state index is 0. The highest BCUT2D eigenvalue weighted by atomic mass is 35.5. The van der Waals surface area contributed by atoms with Crippen LogP contribution in [0.25, 0.3) is 0 Å². The second kappa shape index (κ2) is 8.02. The molecule has 1 amide bonds. The fraction of sp³-hybridized carbons (Fsp3) is 0.611. The van der Waals surface area contributed by atoms with E-state index in [0.717, 1.165) is 36.1 Å². The van der Waals surface area contributed by atoms with Crippen molar-refractivity contribution in [1.82, 2.24) is 5.32 Å². The van der Waals surface area contributed by atoms with E-state index in [4.69, 9.17) is 10.5 Å². The van der Waals surface area contributed by atoms with Crippen LogP contribution in [-0.2, 0) is 11.3 Å². The minimum Gasteiger partial charge on any atom is -0.490 e. The zero-order valence-electron chi connectivity index (χ0n) is 14.5. The van der Waals surface area contributed by atoms with E-state index in [9.17, 15) is 4.79 Å². The minimum atomic E-state index is -0.628. The molecule has 5 heteroatoms. The number of hydrogen-bond acceptors (Lipinski definition) is 3. The maximum atomic E-state index is 12.0. The Morgan fingerprint density at radius 2 is 2.00 bits per heavy atom. The molecule has 2 rings (SSSR count). The Morgan fingerprint density at radius 3 is 2.57 bits per heavy atom. The highest BCUT2D eigenvalue weighted by Gasteiger charge is 2.45. The van der Waals surface area contributed by atoms with Gasteiger partial charge in [-0.3, -0.25) is 4.79 Å². The molecular formula is C18H29ClN2O2. The number of nitrogens with two attached hydrogens (primary N) is 1. The summed E-state index contributed by atoms with van der Waals surface area (Å²) in [6.07, 6.45) is 2.72. The first-order chi connectivity index (χ1) is 10.3. The van der Waals surface area contributed by atoms with E-state index in [0.29, 0.717) is 12.5 Å². The topological polar surface area (TPSA) is 64.4 Å². The summed E-state index contributed by atoms with van der Waals surface area (Å²) in [6, 6.07) is 6.09. The summed E-state index contributed by atoms with van der Waals surface area (Å²) < 4.78 is 6.09. The van der Waals surface area contributed by atoms with Crippen molar-refractivity contribution in [3.8, 4) is 5.75 Å². The van der Waals surface area contributed by atoms with Crippen molar-refractivity contribution in [3.05, 3.63) is 29.3 Å². The lowest BCUT2D eigenvalue weighted by atomic mass is 10.1. The van der Waals surface area contributed by atoms with Crippen LogP contribution in [0.15, 0.2) is 18.2 Å². The molecule has 1 aromatic carbocycles. The molecule has 0 aromatic heterocycles. The average Bonchev–Trinajstić information content (AvgIpc) is 3.16. The number of carbonyl (C=O) groups is 1. The zero-order valence-corrected chi connectivity index (χ0v) is 15.3. The lowest BCUT2D eigenvalue weighted by Crippen LogP contribution is -2.42. The van der Waals surface area contributed by atoms with Crippen LogP contribution < -0.4 is 15.8 Å². The average molecular weight is 341 g/mol. The molecule has 0 saturated heterocycles. The Labute approximate surface area is 145 Å². The van der Waals surface area contributed by atoms with Crippen LogP contribution >= 0.6 is 12.4 Å². The normalized spacial score (nSPS) is 16.4. The number of carbonyl (C=O) groups excluding carboxylic acids is 1. The zero-order chi connectivity index (χ0) is 16.3. The van der Waals surface area contributed by atoms with Gasteiger partial charge < -0.3 is 15.8 Å². The van der Waals surface area contributed by atoms with Crippen LogP contribution in [0.4, 0.5) is 0 Å². The van der Waals surface area contributed by atoms with Crippen LogP contribution in [0.2, 0.25) is 0 Å². The second-order valence-corrected chi connectivity index (χ2v) is 7.01. The van der Waals surface area contributed by atoms with Gasteiger partial charge in [0.15, 0.2) is 0 Å². The van der Waals surface area contributed by atoms with Crippen molar-refractivity contribution >= 4 is 18.3 Å². The van der Waals surface area contributed by atoms with Crippen molar-refractivity contribution < 1.29 is 9.53 Å². The molecule has 0 aliphatic heterocycles. The van der Waals surface area contributed by atoms with Gasteiger partial charge in [0.25, 0.3) is 0 Å². The van der Waals surface area contributed by atoms with E-state index in [-0.39, 0.29) is 24.4 Å². The summed E-state index contributed by atoms with van der Waals surface area (Å²) >= 11 is 0. The van der Waals surface area contributed by atoms with E-state index in [2.05, 4.69) is 26.1 Å². The Balaban J connectivity index is 0.00000264. The Morgan fingerprint density at radius 1 is 1.35 bits per heavy atom. The quantitative estimate of drug-likeness (QED) is 0.800. The lowest BCUT2D eigenvalue weighted by Gasteiger charge is -2.20. The molecule has 0 spiro atoms. The van der Waals surface area contributed by atoms with Crippen molar-refractivity contribution in [2.24, 2.45) is 11.7 Å². The van der Waals surface area contributed by atoms with Gasteiger partial charge in [-0.15, -0.1) is 12.4 Å². The van der Waals surface area contributed by atoms with Crippen LogP contribution in [-0.4, -0.2) is 17.6 Å². The van der Waals surface area contributed by atoms with E-state index in [1.54, 1.807) is 0 Å². The maximum Gasteiger partial charge on any atom is 0.240 e. The Kier molecular flexibility index (Phi) is 6.90. The Bertz CT molecular complexity index is 542. The monoisotopic (exact) mass is 340 g/mol. The molecule has 1 atom stereocenters. The predicted octanol–water partition coefficient (Wildman–Crippen LogP) is 3.34. The molecule has 0 heterocycles. The van der Waals surface area contributed by atoms with Crippen LogP contribution in [0.5, 0.6) is 5.75 Å². The summed E-state index contributed by atoms with van der Waals surface area (Å²) in [5.41, 5.74) is 7.43. The van der Waals surface area contributed by atoms with E-state index in [1.807, 2.05) is 25.1 Å². The van der Waals surface area contributed by atoms with Crippen molar-refractivity contribution in [1.29, 1.82) is 0 Å². The SMILES string of the molecule is Cc1ccc(CNC(=O)C2(N)CC2)c(OC(C)CC(C)C)c1.Cl. The van der Waals surface area contributed by atoms with E-state index < -0.39 is 5.54 Å². The molecule has 130 valence electrons. The van der Waals surface area contributed by atoms with Crippen LogP contribution in [0.3, 0.4) is 0 Å². The molecule has 23 heavy (non-hydrogen) atoms. The first kappa shape index (κ1) is 19.8. The van der Waals surface area contributed by atoms with E-state index in [1.165, 1.54) is 0 Å². The summed E-state index contributed by atoms with van der Waals surface area (Å²) in [5, 5.41) is 2.93. The first-order valence-corrected chi connectivity index (χ1v) is 8.13. The van der Waals surface area contributed by atoms with Crippen molar-refractivity contribution in [3.63, 3.8) is 0 Å². The highest BCUT2D eigenvalue weighted by Crippen LogP contribution is 2.32. The van der Waals surface area contributed by atoms with Gasteiger partial charge >= 0.3 is 0 Å². The highest BCUT2D eigenvalue weighted by molar-refractivity contribution is 5.88. The number of rotatable bonds is 7. The largest absolute Gasteiger partial charge is 0.490 e. The molecule has 0 radical (unpaired) electrons. The third kappa shape index (κ3) is 5.70. The van der Waals surface area contributed by atoms with Crippen molar-refractivity contribution in [2.75, 3.05) is 0 Å².